The zero-order chi connectivity index (χ0) is 13.8. The van der Waals surface area contributed by atoms with Crippen molar-refractivity contribution in [1.29, 1.82) is 0 Å². The minimum atomic E-state index is 0.241. The normalized spacial score (nSPS) is 33.4. The summed E-state index contributed by atoms with van der Waals surface area (Å²) < 4.78 is 0. The van der Waals surface area contributed by atoms with E-state index in [1.54, 1.807) is 0 Å². The Morgan fingerprint density at radius 2 is 0.941 bits per heavy atom. The summed E-state index contributed by atoms with van der Waals surface area (Å²) in [7, 11) is 0. The monoisotopic (exact) mass is 234 g/mol. The van der Waals surface area contributed by atoms with Gasteiger partial charge in [0.25, 0.3) is 0 Å². The van der Waals surface area contributed by atoms with Crippen LogP contribution in [0.3, 0.4) is 0 Å². The molecule has 0 nitrogen and oxygen atoms in total. The summed E-state index contributed by atoms with van der Waals surface area (Å²) in [4.78, 5) is 0. The molecule has 1 rings (SSSR count). The van der Waals surface area contributed by atoms with Crippen LogP contribution in [0.4, 0.5) is 0 Å². The summed E-state index contributed by atoms with van der Waals surface area (Å²) in [5, 5.41) is 0. The molecule has 2 unspecified atom stereocenters. The van der Waals surface area contributed by atoms with Crippen LogP contribution < -0.4 is 0 Å². The van der Waals surface area contributed by atoms with Crippen molar-refractivity contribution in [3.05, 3.63) is 24.3 Å². The Bertz CT molecular complexity index is 318. The summed E-state index contributed by atoms with van der Waals surface area (Å²) in [5.74, 6) is 1.10. The van der Waals surface area contributed by atoms with Crippen molar-refractivity contribution < 1.29 is 0 Å². The second kappa shape index (κ2) is 3.73. The fourth-order valence-electron chi connectivity index (χ4n) is 5.27. The molecule has 1 aliphatic carbocycles. The lowest BCUT2D eigenvalue weighted by molar-refractivity contribution is 0.0991. The predicted octanol–water partition coefficient (Wildman–Crippen LogP) is 5.46. The van der Waals surface area contributed by atoms with Crippen molar-refractivity contribution >= 4 is 0 Å². The molecule has 0 aromatic rings. The van der Waals surface area contributed by atoms with Crippen LogP contribution in [0.1, 0.15) is 55.4 Å². The third-order valence-corrected chi connectivity index (χ3v) is 5.58. The summed E-state index contributed by atoms with van der Waals surface area (Å²) in [6, 6.07) is 0. The Morgan fingerprint density at radius 1 is 0.706 bits per heavy atom. The molecule has 0 heterocycles. The van der Waals surface area contributed by atoms with Crippen LogP contribution in [-0.4, -0.2) is 0 Å². The molecule has 0 spiro atoms. The van der Waals surface area contributed by atoms with Gasteiger partial charge in [-0.1, -0.05) is 65.8 Å². The van der Waals surface area contributed by atoms with Crippen LogP contribution in [0.2, 0.25) is 0 Å². The predicted molar refractivity (Wildman–Crippen MR) is 78.0 cm³/mol. The van der Waals surface area contributed by atoms with Gasteiger partial charge in [-0.15, -0.1) is 0 Å². The maximum Gasteiger partial charge on any atom is -0.00947 e. The van der Waals surface area contributed by atoms with E-state index in [9.17, 15) is 0 Å². The quantitative estimate of drug-likeness (QED) is 0.556. The summed E-state index contributed by atoms with van der Waals surface area (Å²) in [5.41, 5.74) is 3.39. The molecule has 2 atom stereocenters. The highest BCUT2D eigenvalue weighted by atomic mass is 14.7. The standard InChI is InChI=1S/C17H30/c1-11(2)13-15(5,6)14(12(3)4)17(9,10)16(13,7)8/h13-14H,1,3H2,2,4-10H3. The van der Waals surface area contributed by atoms with Crippen molar-refractivity contribution in [2.24, 2.45) is 28.1 Å². The maximum absolute atomic E-state index is 4.26. The van der Waals surface area contributed by atoms with Gasteiger partial charge in [0.15, 0.2) is 0 Å². The van der Waals surface area contributed by atoms with E-state index in [0.29, 0.717) is 11.8 Å². The zero-order valence-corrected chi connectivity index (χ0v) is 13.1. The Kier molecular flexibility index (Phi) is 3.19. The molecule has 98 valence electrons. The van der Waals surface area contributed by atoms with E-state index in [1.165, 1.54) is 11.1 Å². The molecule has 0 amide bonds. The molecule has 1 saturated carbocycles. The van der Waals surface area contributed by atoms with Crippen LogP contribution in [0, 0.1) is 28.1 Å². The first-order valence-corrected chi connectivity index (χ1v) is 6.69. The lowest BCUT2D eigenvalue weighted by atomic mass is 9.62. The zero-order valence-electron chi connectivity index (χ0n) is 13.1. The molecule has 0 aromatic carbocycles. The molecule has 0 aromatic heterocycles. The van der Waals surface area contributed by atoms with Crippen molar-refractivity contribution in [2.45, 2.75) is 55.4 Å². The van der Waals surface area contributed by atoms with Crippen molar-refractivity contribution in [3.63, 3.8) is 0 Å². The van der Waals surface area contributed by atoms with Crippen LogP contribution in [0.15, 0.2) is 24.3 Å². The van der Waals surface area contributed by atoms with Crippen LogP contribution >= 0.6 is 0 Å². The van der Waals surface area contributed by atoms with Crippen molar-refractivity contribution in [2.75, 3.05) is 0 Å². The van der Waals surface area contributed by atoms with Gasteiger partial charge >= 0.3 is 0 Å². The van der Waals surface area contributed by atoms with Gasteiger partial charge in [-0.25, -0.2) is 0 Å². The molecule has 1 fully saturated rings. The SMILES string of the molecule is C=C(C)C1C(C)(C)C(C(=C)C)C(C)(C)C1(C)C. The molecule has 0 saturated heterocycles. The fourth-order valence-corrected chi connectivity index (χ4v) is 5.27. The second-order valence-electron chi connectivity index (χ2n) is 7.82. The molecular weight excluding hydrogens is 204 g/mol. The minimum Gasteiger partial charge on any atom is -0.0998 e. The lowest BCUT2D eigenvalue weighted by Crippen LogP contribution is -2.35. The maximum atomic E-state index is 4.26. The largest absolute Gasteiger partial charge is 0.0998 e. The Labute approximate surface area is 108 Å². The smallest absolute Gasteiger partial charge is 0.00947 e. The van der Waals surface area contributed by atoms with Crippen LogP contribution in [-0.2, 0) is 0 Å². The van der Waals surface area contributed by atoms with E-state index in [0.717, 1.165) is 0 Å². The van der Waals surface area contributed by atoms with E-state index in [-0.39, 0.29) is 16.2 Å². The number of allylic oxidation sites excluding steroid dienone is 2. The first kappa shape index (κ1) is 14.5. The molecule has 1 aliphatic rings. The lowest BCUT2D eigenvalue weighted by Gasteiger charge is -2.42. The van der Waals surface area contributed by atoms with E-state index in [4.69, 9.17) is 0 Å². The van der Waals surface area contributed by atoms with E-state index in [2.05, 4.69) is 68.5 Å². The Morgan fingerprint density at radius 3 is 1.06 bits per heavy atom. The minimum absolute atomic E-state index is 0.241. The molecule has 0 bridgehead atoms. The Hall–Kier alpha value is -0.520. The summed E-state index contributed by atoms with van der Waals surface area (Å²) in [6.45, 7) is 27.3. The molecule has 17 heavy (non-hydrogen) atoms. The summed E-state index contributed by atoms with van der Waals surface area (Å²) in [6.07, 6.45) is 0. The van der Waals surface area contributed by atoms with Crippen LogP contribution in [0.25, 0.3) is 0 Å². The highest BCUT2D eigenvalue weighted by Gasteiger charge is 2.63. The van der Waals surface area contributed by atoms with Gasteiger partial charge in [-0.05, 0) is 41.9 Å². The highest BCUT2D eigenvalue weighted by molar-refractivity contribution is 5.25. The van der Waals surface area contributed by atoms with Gasteiger partial charge in [0.1, 0.15) is 0 Å². The average molecular weight is 234 g/mol. The molecule has 0 heteroatoms. The van der Waals surface area contributed by atoms with Crippen molar-refractivity contribution in [1.82, 2.24) is 0 Å². The third-order valence-electron chi connectivity index (χ3n) is 5.58. The number of hydrogen-bond donors (Lipinski definition) is 0. The van der Waals surface area contributed by atoms with Crippen LogP contribution in [0.5, 0.6) is 0 Å². The fraction of sp³-hybridized carbons (Fsp3) is 0.765. The second-order valence-corrected chi connectivity index (χ2v) is 7.82. The molecule has 0 radical (unpaired) electrons. The molecule has 0 N–H and O–H groups in total. The number of hydrogen-bond acceptors (Lipinski definition) is 0. The van der Waals surface area contributed by atoms with Gasteiger partial charge < -0.3 is 0 Å². The van der Waals surface area contributed by atoms with E-state index in [1.807, 2.05) is 0 Å². The topological polar surface area (TPSA) is 0 Å². The Balaban J connectivity index is 3.49. The first-order chi connectivity index (χ1) is 7.38. The van der Waals surface area contributed by atoms with Gasteiger partial charge in [0.2, 0.25) is 0 Å². The van der Waals surface area contributed by atoms with Gasteiger partial charge in [-0.2, -0.15) is 0 Å². The third kappa shape index (κ3) is 1.72. The van der Waals surface area contributed by atoms with E-state index < -0.39 is 0 Å². The molecule has 0 aliphatic heterocycles. The van der Waals surface area contributed by atoms with E-state index >= 15 is 0 Å². The van der Waals surface area contributed by atoms with Gasteiger partial charge in [0, 0.05) is 0 Å². The summed E-state index contributed by atoms with van der Waals surface area (Å²) >= 11 is 0. The first-order valence-electron chi connectivity index (χ1n) is 6.69. The average Bonchev–Trinajstić information content (AvgIpc) is 2.07. The van der Waals surface area contributed by atoms with Gasteiger partial charge in [-0.3, -0.25) is 0 Å². The van der Waals surface area contributed by atoms with Gasteiger partial charge in [0.05, 0.1) is 0 Å². The highest BCUT2D eigenvalue weighted by Crippen LogP contribution is 2.69. The van der Waals surface area contributed by atoms with Crippen molar-refractivity contribution in [3.8, 4) is 0 Å². The number of rotatable bonds is 2. The molecular formula is C17H30.